The molecule has 0 N–H and O–H groups in total. The molecule has 2 heterocycles. The number of carbonyl (C=O) groups excluding carboxylic acids is 1. The zero-order chi connectivity index (χ0) is 17.4. The smallest absolute Gasteiger partial charge is 0.231 e. The van der Waals surface area contributed by atoms with Gasteiger partial charge in [-0.1, -0.05) is 15.9 Å². The fourth-order valence-corrected chi connectivity index (χ4v) is 3.79. The molecule has 0 atom stereocenters. The van der Waals surface area contributed by atoms with Crippen molar-refractivity contribution in [3.63, 3.8) is 0 Å². The van der Waals surface area contributed by atoms with Crippen molar-refractivity contribution in [2.75, 3.05) is 24.7 Å². The number of fused-ring (bicyclic) bond motifs is 2. The van der Waals surface area contributed by atoms with Gasteiger partial charge in [-0.15, -0.1) is 0 Å². The minimum Gasteiger partial charge on any atom is -0.486 e. The monoisotopic (exact) mass is 405 g/mol. The molecule has 4 nitrogen and oxygen atoms in total. The first kappa shape index (κ1) is 16.4. The highest BCUT2D eigenvalue weighted by Crippen LogP contribution is 2.36. The average molecular weight is 406 g/mol. The van der Waals surface area contributed by atoms with E-state index in [-0.39, 0.29) is 18.1 Å². The first-order valence-electron chi connectivity index (χ1n) is 8.28. The van der Waals surface area contributed by atoms with E-state index in [4.69, 9.17) is 9.47 Å². The van der Waals surface area contributed by atoms with E-state index in [0.717, 1.165) is 34.1 Å². The molecule has 2 aliphatic rings. The maximum absolute atomic E-state index is 13.4. The number of carbonyl (C=O) groups is 1. The number of benzene rings is 2. The van der Waals surface area contributed by atoms with Crippen LogP contribution in [0.1, 0.15) is 17.5 Å². The van der Waals surface area contributed by atoms with Gasteiger partial charge in [0.2, 0.25) is 5.91 Å². The van der Waals surface area contributed by atoms with Crippen LogP contribution in [0.2, 0.25) is 0 Å². The predicted octanol–water partition coefficient (Wildman–Crippen LogP) is 3.88. The second-order valence-corrected chi connectivity index (χ2v) is 7.04. The lowest BCUT2D eigenvalue weighted by Gasteiger charge is -2.30. The van der Waals surface area contributed by atoms with Crippen LogP contribution in [0.5, 0.6) is 11.5 Å². The Bertz CT molecular complexity index is 840. The minimum atomic E-state index is -0.261. The van der Waals surface area contributed by atoms with Crippen LogP contribution in [0.15, 0.2) is 34.8 Å². The third-order valence-electron chi connectivity index (χ3n) is 4.51. The van der Waals surface area contributed by atoms with Crippen molar-refractivity contribution in [2.24, 2.45) is 0 Å². The molecule has 2 aromatic rings. The summed E-state index contributed by atoms with van der Waals surface area (Å²) in [5, 5.41) is 0. The third-order valence-corrected chi connectivity index (χ3v) is 5.25. The summed E-state index contributed by atoms with van der Waals surface area (Å²) in [6.07, 6.45) is 1.88. The summed E-state index contributed by atoms with van der Waals surface area (Å²) in [7, 11) is 0. The van der Waals surface area contributed by atoms with E-state index in [0.29, 0.717) is 31.3 Å². The molecule has 0 saturated heterocycles. The summed E-state index contributed by atoms with van der Waals surface area (Å²) in [5.41, 5.74) is 2.55. The number of anilines is 1. The number of hydrogen-bond acceptors (Lipinski definition) is 3. The highest BCUT2D eigenvalue weighted by Gasteiger charge is 2.24. The second kappa shape index (κ2) is 6.67. The number of nitrogens with zero attached hydrogens (tertiary/aromatic N) is 1. The van der Waals surface area contributed by atoms with Crippen LogP contribution < -0.4 is 14.4 Å². The Morgan fingerprint density at radius 1 is 1.16 bits per heavy atom. The van der Waals surface area contributed by atoms with Crippen molar-refractivity contribution in [2.45, 2.75) is 19.3 Å². The topological polar surface area (TPSA) is 38.8 Å². The van der Waals surface area contributed by atoms with E-state index >= 15 is 0 Å². The van der Waals surface area contributed by atoms with Gasteiger partial charge < -0.3 is 14.4 Å². The lowest BCUT2D eigenvalue weighted by molar-refractivity contribution is -0.118. The van der Waals surface area contributed by atoms with Gasteiger partial charge in [-0.3, -0.25) is 4.79 Å². The molecule has 6 heteroatoms. The fraction of sp³-hybridized carbons (Fsp3) is 0.316. The molecular formula is C19H17BrFNO3. The summed E-state index contributed by atoms with van der Waals surface area (Å²) >= 11 is 3.51. The number of ether oxygens (including phenoxy) is 2. The van der Waals surface area contributed by atoms with Gasteiger partial charge in [0.25, 0.3) is 0 Å². The number of aryl methyl sites for hydroxylation is 1. The summed E-state index contributed by atoms with van der Waals surface area (Å²) in [5.74, 6) is 1.08. The van der Waals surface area contributed by atoms with Gasteiger partial charge in [-0.25, -0.2) is 4.39 Å². The maximum Gasteiger partial charge on any atom is 0.231 e. The highest BCUT2D eigenvalue weighted by molar-refractivity contribution is 9.10. The number of halogens is 2. The zero-order valence-corrected chi connectivity index (χ0v) is 15.1. The molecule has 0 unspecified atom stereocenters. The molecule has 0 spiro atoms. The Morgan fingerprint density at radius 2 is 1.92 bits per heavy atom. The Morgan fingerprint density at radius 3 is 2.72 bits per heavy atom. The van der Waals surface area contributed by atoms with Gasteiger partial charge in [0.15, 0.2) is 11.5 Å². The number of hydrogen-bond donors (Lipinski definition) is 0. The van der Waals surface area contributed by atoms with Gasteiger partial charge in [0.05, 0.1) is 6.42 Å². The van der Waals surface area contributed by atoms with Crippen molar-refractivity contribution in [3.8, 4) is 11.5 Å². The molecule has 0 radical (unpaired) electrons. The fourth-order valence-electron chi connectivity index (χ4n) is 3.32. The second-order valence-electron chi connectivity index (χ2n) is 6.19. The molecule has 0 saturated carbocycles. The molecule has 0 aliphatic carbocycles. The molecule has 0 bridgehead atoms. The van der Waals surface area contributed by atoms with Gasteiger partial charge in [-0.05, 0) is 54.3 Å². The van der Waals surface area contributed by atoms with Gasteiger partial charge in [0, 0.05) is 16.7 Å². The SMILES string of the molecule is O=C(Cc1cc2c(cc1Br)OCCO2)N1CCCc2cc(F)ccc21. The van der Waals surface area contributed by atoms with Gasteiger partial charge >= 0.3 is 0 Å². The van der Waals surface area contributed by atoms with Crippen molar-refractivity contribution in [3.05, 3.63) is 51.7 Å². The van der Waals surface area contributed by atoms with Crippen LogP contribution in [0.4, 0.5) is 10.1 Å². The Hall–Kier alpha value is -2.08. The molecular weight excluding hydrogens is 389 g/mol. The lowest BCUT2D eigenvalue weighted by atomic mass is 10.0. The quantitative estimate of drug-likeness (QED) is 0.760. The molecule has 2 aromatic carbocycles. The molecule has 25 heavy (non-hydrogen) atoms. The van der Waals surface area contributed by atoms with Crippen LogP contribution in [0.25, 0.3) is 0 Å². The highest BCUT2D eigenvalue weighted by atomic mass is 79.9. The van der Waals surface area contributed by atoms with Crippen molar-refractivity contribution in [1.82, 2.24) is 0 Å². The Labute approximate surface area is 153 Å². The van der Waals surface area contributed by atoms with Crippen molar-refractivity contribution in [1.29, 1.82) is 0 Å². The first-order chi connectivity index (χ1) is 12.1. The van der Waals surface area contributed by atoms with E-state index in [1.54, 1.807) is 11.0 Å². The molecule has 2 aliphatic heterocycles. The van der Waals surface area contributed by atoms with Gasteiger partial charge in [-0.2, -0.15) is 0 Å². The predicted molar refractivity (Wildman–Crippen MR) is 95.9 cm³/mol. The average Bonchev–Trinajstić information content (AvgIpc) is 2.61. The van der Waals surface area contributed by atoms with Crippen LogP contribution in [0.3, 0.4) is 0 Å². The van der Waals surface area contributed by atoms with E-state index in [1.165, 1.54) is 12.1 Å². The van der Waals surface area contributed by atoms with Crippen LogP contribution in [-0.2, 0) is 17.6 Å². The Balaban J connectivity index is 1.59. The lowest BCUT2D eigenvalue weighted by Crippen LogP contribution is -2.36. The summed E-state index contributed by atoms with van der Waals surface area (Å²) < 4.78 is 25.4. The van der Waals surface area contributed by atoms with E-state index < -0.39 is 0 Å². The number of amides is 1. The standard InChI is InChI=1S/C19H17BrFNO3/c20-15-11-18-17(24-6-7-25-18)9-13(15)10-19(23)22-5-1-2-12-8-14(21)3-4-16(12)22/h3-4,8-9,11H,1-2,5-7,10H2. The van der Waals surface area contributed by atoms with Crippen molar-refractivity contribution < 1.29 is 18.7 Å². The minimum absolute atomic E-state index is 0.00932. The molecule has 130 valence electrons. The number of rotatable bonds is 2. The third kappa shape index (κ3) is 3.23. The summed E-state index contributed by atoms with van der Waals surface area (Å²) in [6.45, 7) is 1.69. The van der Waals surface area contributed by atoms with E-state index in [2.05, 4.69) is 15.9 Å². The largest absolute Gasteiger partial charge is 0.486 e. The van der Waals surface area contributed by atoms with E-state index in [1.807, 2.05) is 12.1 Å². The molecule has 4 rings (SSSR count). The van der Waals surface area contributed by atoms with E-state index in [9.17, 15) is 9.18 Å². The van der Waals surface area contributed by atoms with Gasteiger partial charge in [0.1, 0.15) is 19.0 Å². The van der Waals surface area contributed by atoms with Crippen LogP contribution in [0, 0.1) is 5.82 Å². The first-order valence-corrected chi connectivity index (χ1v) is 9.08. The van der Waals surface area contributed by atoms with Crippen LogP contribution in [-0.4, -0.2) is 25.7 Å². The summed E-state index contributed by atoms with van der Waals surface area (Å²) in [6, 6.07) is 8.32. The summed E-state index contributed by atoms with van der Waals surface area (Å²) in [4.78, 5) is 14.6. The normalized spacial score (nSPS) is 15.7. The molecule has 0 fully saturated rings. The molecule has 0 aromatic heterocycles. The maximum atomic E-state index is 13.4. The molecule has 1 amide bonds. The van der Waals surface area contributed by atoms with Crippen LogP contribution >= 0.6 is 15.9 Å². The van der Waals surface area contributed by atoms with Crippen molar-refractivity contribution >= 4 is 27.5 Å². The zero-order valence-electron chi connectivity index (χ0n) is 13.6. The Kier molecular flexibility index (Phi) is 4.37.